The molecule has 0 radical (unpaired) electrons. The highest BCUT2D eigenvalue weighted by Gasteiger charge is 2.01. The van der Waals surface area contributed by atoms with Crippen LogP contribution in [-0.2, 0) is 0 Å². The summed E-state index contributed by atoms with van der Waals surface area (Å²) in [5.41, 5.74) is 2.53. The standard InChI is InChI=1S/C12H8N4/c1-2-11(10-4-6-14-8-15-10)16-12-7-13-5-3-9(1)12/h1-8H. The molecular formula is C12H8N4. The molecule has 3 rings (SSSR count). The fraction of sp³-hybridized carbons (Fsp3) is 0. The number of hydrogen-bond acceptors (Lipinski definition) is 4. The van der Waals surface area contributed by atoms with E-state index in [4.69, 9.17) is 0 Å². The van der Waals surface area contributed by atoms with Crippen molar-refractivity contribution in [3.05, 3.63) is 49.2 Å². The summed E-state index contributed by atoms with van der Waals surface area (Å²) in [6, 6.07) is 7.74. The Kier molecular flexibility index (Phi) is 2.04. The number of nitrogens with zero attached hydrogens (tertiary/aromatic N) is 4. The molecule has 0 N–H and O–H groups in total. The average Bonchev–Trinajstić information content (AvgIpc) is 2.39. The summed E-state index contributed by atoms with van der Waals surface area (Å²) in [7, 11) is 0. The first-order valence-corrected chi connectivity index (χ1v) is 4.91. The topological polar surface area (TPSA) is 51.6 Å². The van der Waals surface area contributed by atoms with Crippen molar-refractivity contribution in [2.24, 2.45) is 0 Å². The molecule has 0 bridgehead atoms. The molecule has 0 spiro atoms. The number of pyridine rings is 2. The van der Waals surface area contributed by atoms with Crippen LogP contribution >= 0.6 is 0 Å². The van der Waals surface area contributed by atoms with Gasteiger partial charge in [0.25, 0.3) is 0 Å². The predicted molar refractivity (Wildman–Crippen MR) is 60.6 cm³/mol. The van der Waals surface area contributed by atoms with Crippen LogP contribution in [0.4, 0.5) is 0 Å². The van der Waals surface area contributed by atoms with E-state index >= 15 is 0 Å². The van der Waals surface area contributed by atoms with E-state index < -0.39 is 0 Å². The van der Waals surface area contributed by atoms with Crippen LogP contribution in [0.5, 0.6) is 0 Å². The van der Waals surface area contributed by atoms with Crippen molar-refractivity contribution in [3.8, 4) is 11.4 Å². The van der Waals surface area contributed by atoms with E-state index in [0.29, 0.717) is 0 Å². The zero-order valence-electron chi connectivity index (χ0n) is 8.41. The Morgan fingerprint density at radius 1 is 0.812 bits per heavy atom. The van der Waals surface area contributed by atoms with Gasteiger partial charge in [-0.05, 0) is 18.2 Å². The molecule has 4 nitrogen and oxygen atoms in total. The summed E-state index contributed by atoms with van der Waals surface area (Å²) in [6.07, 6.45) is 6.73. The molecule has 0 atom stereocenters. The quantitative estimate of drug-likeness (QED) is 0.614. The Morgan fingerprint density at radius 2 is 1.75 bits per heavy atom. The lowest BCUT2D eigenvalue weighted by Crippen LogP contribution is -1.88. The Balaban J connectivity index is 2.19. The normalized spacial score (nSPS) is 10.5. The van der Waals surface area contributed by atoms with Crippen LogP contribution in [0.25, 0.3) is 22.3 Å². The molecule has 0 aliphatic heterocycles. The third-order valence-corrected chi connectivity index (χ3v) is 2.34. The van der Waals surface area contributed by atoms with Gasteiger partial charge in [-0.2, -0.15) is 0 Å². The largest absolute Gasteiger partial charge is 0.262 e. The second-order valence-corrected chi connectivity index (χ2v) is 3.36. The van der Waals surface area contributed by atoms with Gasteiger partial charge in [-0.25, -0.2) is 15.0 Å². The minimum absolute atomic E-state index is 0.820. The van der Waals surface area contributed by atoms with Gasteiger partial charge in [-0.3, -0.25) is 4.98 Å². The molecule has 3 aromatic rings. The highest BCUT2D eigenvalue weighted by molar-refractivity contribution is 5.79. The monoisotopic (exact) mass is 208 g/mol. The number of rotatable bonds is 1. The number of hydrogen-bond donors (Lipinski definition) is 0. The molecule has 0 aromatic carbocycles. The number of fused-ring (bicyclic) bond motifs is 1. The van der Waals surface area contributed by atoms with Crippen molar-refractivity contribution in [2.75, 3.05) is 0 Å². The lowest BCUT2D eigenvalue weighted by Gasteiger charge is -2.00. The Bertz CT molecular complexity index is 622. The molecular weight excluding hydrogens is 200 g/mol. The molecule has 76 valence electrons. The summed E-state index contributed by atoms with van der Waals surface area (Å²) >= 11 is 0. The molecule has 0 aliphatic carbocycles. The Hall–Kier alpha value is -2.36. The summed E-state index contributed by atoms with van der Waals surface area (Å²) in [5, 5.41) is 1.08. The van der Waals surface area contributed by atoms with Gasteiger partial charge >= 0.3 is 0 Å². The van der Waals surface area contributed by atoms with Crippen LogP contribution in [0.3, 0.4) is 0 Å². The first-order valence-electron chi connectivity index (χ1n) is 4.91. The first-order chi connectivity index (χ1) is 7.93. The van der Waals surface area contributed by atoms with E-state index in [1.54, 1.807) is 18.6 Å². The highest BCUT2D eigenvalue weighted by atomic mass is 14.8. The third kappa shape index (κ3) is 1.50. The molecule has 0 fully saturated rings. The van der Waals surface area contributed by atoms with Crippen LogP contribution in [0.1, 0.15) is 0 Å². The SMILES string of the molecule is c1cc(-c2ccc3ccncc3n2)ncn1. The van der Waals surface area contributed by atoms with Crippen LogP contribution in [-0.4, -0.2) is 19.9 Å². The van der Waals surface area contributed by atoms with Crippen molar-refractivity contribution in [1.29, 1.82) is 0 Å². The molecule has 0 aliphatic rings. The highest BCUT2D eigenvalue weighted by Crippen LogP contribution is 2.17. The van der Waals surface area contributed by atoms with Gasteiger partial charge in [0.2, 0.25) is 0 Å². The van der Waals surface area contributed by atoms with Crippen molar-refractivity contribution in [2.45, 2.75) is 0 Å². The summed E-state index contributed by atoms with van der Waals surface area (Å²) < 4.78 is 0. The summed E-state index contributed by atoms with van der Waals surface area (Å²) in [5.74, 6) is 0. The van der Waals surface area contributed by atoms with Gasteiger partial charge in [0.1, 0.15) is 6.33 Å². The van der Waals surface area contributed by atoms with E-state index in [-0.39, 0.29) is 0 Å². The summed E-state index contributed by atoms with van der Waals surface area (Å²) in [6.45, 7) is 0. The molecule has 4 heteroatoms. The van der Waals surface area contributed by atoms with Crippen molar-refractivity contribution < 1.29 is 0 Å². The van der Waals surface area contributed by atoms with Crippen LogP contribution < -0.4 is 0 Å². The second-order valence-electron chi connectivity index (χ2n) is 3.36. The van der Waals surface area contributed by atoms with E-state index in [1.165, 1.54) is 6.33 Å². The fourth-order valence-electron chi connectivity index (χ4n) is 1.55. The van der Waals surface area contributed by atoms with Gasteiger partial charge in [0.05, 0.1) is 23.1 Å². The molecule has 3 heterocycles. The molecule has 0 saturated carbocycles. The van der Waals surface area contributed by atoms with Crippen molar-refractivity contribution in [3.63, 3.8) is 0 Å². The molecule has 0 saturated heterocycles. The van der Waals surface area contributed by atoms with Gasteiger partial charge in [0, 0.05) is 17.8 Å². The second kappa shape index (κ2) is 3.66. The van der Waals surface area contributed by atoms with E-state index in [1.807, 2.05) is 24.3 Å². The maximum Gasteiger partial charge on any atom is 0.116 e. The zero-order chi connectivity index (χ0) is 10.8. The molecule has 16 heavy (non-hydrogen) atoms. The predicted octanol–water partition coefficient (Wildman–Crippen LogP) is 2.09. The Labute approximate surface area is 92.0 Å². The first kappa shape index (κ1) is 8.91. The average molecular weight is 208 g/mol. The zero-order valence-corrected chi connectivity index (χ0v) is 8.41. The van der Waals surface area contributed by atoms with Gasteiger partial charge in [0.15, 0.2) is 0 Å². The van der Waals surface area contributed by atoms with E-state index in [9.17, 15) is 0 Å². The van der Waals surface area contributed by atoms with Crippen LogP contribution in [0.15, 0.2) is 49.2 Å². The van der Waals surface area contributed by atoms with E-state index in [2.05, 4.69) is 19.9 Å². The Morgan fingerprint density at radius 3 is 2.62 bits per heavy atom. The lowest BCUT2D eigenvalue weighted by atomic mass is 10.2. The van der Waals surface area contributed by atoms with Gasteiger partial charge < -0.3 is 0 Å². The van der Waals surface area contributed by atoms with Crippen molar-refractivity contribution >= 4 is 10.9 Å². The maximum atomic E-state index is 4.49. The summed E-state index contributed by atoms with van der Waals surface area (Å²) in [4.78, 5) is 16.6. The smallest absolute Gasteiger partial charge is 0.116 e. The number of aromatic nitrogens is 4. The minimum Gasteiger partial charge on any atom is -0.262 e. The van der Waals surface area contributed by atoms with Crippen LogP contribution in [0, 0.1) is 0 Å². The van der Waals surface area contributed by atoms with Crippen molar-refractivity contribution in [1.82, 2.24) is 19.9 Å². The van der Waals surface area contributed by atoms with Gasteiger partial charge in [-0.1, -0.05) is 6.07 Å². The fourth-order valence-corrected chi connectivity index (χ4v) is 1.55. The van der Waals surface area contributed by atoms with Gasteiger partial charge in [-0.15, -0.1) is 0 Å². The lowest BCUT2D eigenvalue weighted by molar-refractivity contribution is 1.16. The minimum atomic E-state index is 0.820. The van der Waals surface area contributed by atoms with Crippen LogP contribution in [0.2, 0.25) is 0 Å². The molecule has 3 aromatic heterocycles. The molecule has 0 amide bonds. The molecule has 0 unspecified atom stereocenters. The third-order valence-electron chi connectivity index (χ3n) is 2.34. The van der Waals surface area contributed by atoms with E-state index in [0.717, 1.165) is 22.3 Å². The maximum absolute atomic E-state index is 4.49.